The van der Waals surface area contributed by atoms with Crippen LogP contribution in [0.25, 0.3) is 10.9 Å². The van der Waals surface area contributed by atoms with Crippen molar-refractivity contribution in [3.05, 3.63) is 24.3 Å². The van der Waals surface area contributed by atoms with E-state index in [0.29, 0.717) is 11.9 Å². The lowest BCUT2D eigenvalue weighted by molar-refractivity contribution is 0.274. The van der Waals surface area contributed by atoms with Crippen molar-refractivity contribution in [1.82, 2.24) is 9.97 Å². The van der Waals surface area contributed by atoms with Gasteiger partial charge < -0.3 is 5.32 Å². The van der Waals surface area contributed by atoms with E-state index in [-0.39, 0.29) is 5.41 Å². The molecule has 1 atom stereocenters. The monoisotopic (exact) mass is 273 g/mol. The van der Waals surface area contributed by atoms with Crippen LogP contribution >= 0.6 is 0 Å². The van der Waals surface area contributed by atoms with Crippen LogP contribution < -0.4 is 16.6 Å². The first-order chi connectivity index (χ1) is 9.41. The van der Waals surface area contributed by atoms with Crippen molar-refractivity contribution < 1.29 is 0 Å². The smallest absolute Gasteiger partial charge is 0.239 e. The number of fused-ring (bicyclic) bond motifs is 1. The van der Waals surface area contributed by atoms with Crippen LogP contribution in [-0.2, 0) is 0 Å². The van der Waals surface area contributed by atoms with E-state index < -0.39 is 0 Å². The number of hydrazine groups is 1. The van der Waals surface area contributed by atoms with Crippen molar-refractivity contribution in [1.29, 1.82) is 0 Å². The third-order valence-corrected chi connectivity index (χ3v) is 3.79. The second kappa shape index (κ2) is 5.63. The molecule has 0 aliphatic rings. The maximum absolute atomic E-state index is 5.43. The van der Waals surface area contributed by atoms with E-state index in [2.05, 4.69) is 48.4 Å². The van der Waals surface area contributed by atoms with E-state index in [9.17, 15) is 0 Å². The van der Waals surface area contributed by atoms with Gasteiger partial charge >= 0.3 is 0 Å². The van der Waals surface area contributed by atoms with Crippen LogP contribution in [0.3, 0.4) is 0 Å². The van der Waals surface area contributed by atoms with Gasteiger partial charge in [-0.3, -0.25) is 5.43 Å². The minimum atomic E-state index is 0.255. The lowest BCUT2D eigenvalue weighted by Crippen LogP contribution is -2.25. The molecule has 0 fully saturated rings. The average Bonchev–Trinajstić information content (AvgIpc) is 2.42. The highest BCUT2D eigenvalue weighted by Gasteiger charge is 2.20. The second-order valence-corrected chi connectivity index (χ2v) is 6.21. The van der Waals surface area contributed by atoms with Gasteiger partial charge in [-0.1, -0.05) is 39.8 Å². The third-order valence-electron chi connectivity index (χ3n) is 3.79. The molecular weight excluding hydrogens is 250 g/mol. The van der Waals surface area contributed by atoms with E-state index in [1.54, 1.807) is 0 Å². The van der Waals surface area contributed by atoms with E-state index >= 15 is 0 Å². The molecule has 5 heteroatoms. The van der Waals surface area contributed by atoms with Crippen molar-refractivity contribution in [3.63, 3.8) is 0 Å². The fraction of sp³-hybridized carbons (Fsp3) is 0.467. The number of hydrogen-bond donors (Lipinski definition) is 3. The molecule has 1 aromatic carbocycles. The van der Waals surface area contributed by atoms with Gasteiger partial charge in [-0.05, 0) is 23.5 Å². The molecule has 4 N–H and O–H groups in total. The highest BCUT2D eigenvalue weighted by molar-refractivity contribution is 5.89. The van der Waals surface area contributed by atoms with Gasteiger partial charge in [0, 0.05) is 11.9 Å². The molecule has 20 heavy (non-hydrogen) atoms. The van der Waals surface area contributed by atoms with Gasteiger partial charge in [0.15, 0.2) is 0 Å². The van der Waals surface area contributed by atoms with E-state index in [0.717, 1.165) is 23.3 Å². The van der Waals surface area contributed by atoms with Crippen molar-refractivity contribution in [2.24, 2.45) is 17.2 Å². The van der Waals surface area contributed by atoms with Crippen LogP contribution in [0.5, 0.6) is 0 Å². The van der Waals surface area contributed by atoms with Gasteiger partial charge in [-0.25, -0.2) is 10.8 Å². The Morgan fingerprint density at radius 2 is 1.90 bits per heavy atom. The Balaban J connectivity index is 2.29. The second-order valence-electron chi connectivity index (χ2n) is 6.21. The fourth-order valence-electron chi connectivity index (χ4n) is 1.83. The summed E-state index contributed by atoms with van der Waals surface area (Å²) in [5.74, 6) is 7.20. The van der Waals surface area contributed by atoms with Crippen LogP contribution in [0, 0.1) is 11.3 Å². The minimum absolute atomic E-state index is 0.255. The summed E-state index contributed by atoms with van der Waals surface area (Å²) in [5.41, 5.74) is 3.65. The number of rotatable bonds is 4. The number of para-hydroxylation sites is 1. The van der Waals surface area contributed by atoms with Crippen LogP contribution in [-0.4, -0.2) is 16.5 Å². The van der Waals surface area contributed by atoms with E-state index in [1.165, 1.54) is 0 Å². The van der Waals surface area contributed by atoms with Crippen molar-refractivity contribution >= 4 is 22.7 Å². The predicted octanol–water partition coefficient (Wildman–Crippen LogP) is 3.01. The first kappa shape index (κ1) is 14.5. The molecular formula is C15H23N5. The largest absolute Gasteiger partial charge is 0.369 e. The zero-order valence-electron chi connectivity index (χ0n) is 12.6. The SMILES string of the molecule is CC(CNc1nc(NN)nc2ccccc12)C(C)(C)C. The Morgan fingerprint density at radius 1 is 1.20 bits per heavy atom. The third kappa shape index (κ3) is 3.17. The van der Waals surface area contributed by atoms with E-state index in [4.69, 9.17) is 5.84 Å². The summed E-state index contributed by atoms with van der Waals surface area (Å²) < 4.78 is 0. The molecule has 0 bridgehead atoms. The Labute approximate surface area is 120 Å². The zero-order valence-corrected chi connectivity index (χ0v) is 12.6. The highest BCUT2D eigenvalue weighted by Crippen LogP contribution is 2.27. The molecule has 108 valence electrons. The quantitative estimate of drug-likeness (QED) is 0.589. The molecule has 1 aromatic heterocycles. The number of benzene rings is 1. The standard InChI is InChI=1S/C15H23N5/c1-10(15(2,3)4)9-17-13-11-7-5-6-8-12(11)18-14(19-13)20-16/h5-8,10H,9,16H2,1-4H3,(H2,17,18,19,20). The molecule has 2 aromatic rings. The Morgan fingerprint density at radius 3 is 2.55 bits per heavy atom. The Hall–Kier alpha value is -1.88. The number of hydrogen-bond acceptors (Lipinski definition) is 5. The maximum atomic E-state index is 5.43. The van der Waals surface area contributed by atoms with Crippen LogP contribution in [0.1, 0.15) is 27.7 Å². The van der Waals surface area contributed by atoms with Crippen LogP contribution in [0.2, 0.25) is 0 Å². The van der Waals surface area contributed by atoms with Crippen molar-refractivity contribution in [2.75, 3.05) is 17.3 Å². The summed E-state index contributed by atoms with van der Waals surface area (Å²) in [7, 11) is 0. The molecule has 1 heterocycles. The summed E-state index contributed by atoms with van der Waals surface area (Å²) in [6, 6.07) is 7.91. The van der Waals surface area contributed by atoms with Gasteiger partial charge in [-0.15, -0.1) is 0 Å². The first-order valence-electron chi connectivity index (χ1n) is 6.89. The summed E-state index contributed by atoms with van der Waals surface area (Å²) in [6.07, 6.45) is 0. The minimum Gasteiger partial charge on any atom is -0.369 e. The molecule has 0 aliphatic heterocycles. The average molecular weight is 273 g/mol. The number of anilines is 2. The molecule has 0 amide bonds. The summed E-state index contributed by atoms with van der Waals surface area (Å²) in [5, 5.41) is 4.43. The number of nitrogen functional groups attached to an aromatic ring is 1. The molecule has 0 radical (unpaired) electrons. The first-order valence-corrected chi connectivity index (χ1v) is 6.89. The summed E-state index contributed by atoms with van der Waals surface area (Å²) in [6.45, 7) is 9.81. The van der Waals surface area contributed by atoms with Gasteiger partial charge in [0.05, 0.1) is 5.52 Å². The molecule has 0 spiro atoms. The maximum Gasteiger partial charge on any atom is 0.239 e. The fourth-order valence-corrected chi connectivity index (χ4v) is 1.83. The number of nitrogens with one attached hydrogen (secondary N) is 2. The lowest BCUT2D eigenvalue weighted by atomic mass is 9.82. The van der Waals surface area contributed by atoms with Gasteiger partial charge in [0.1, 0.15) is 5.82 Å². The normalized spacial score (nSPS) is 13.2. The topological polar surface area (TPSA) is 75.9 Å². The lowest BCUT2D eigenvalue weighted by Gasteiger charge is -2.27. The van der Waals surface area contributed by atoms with Gasteiger partial charge in [0.25, 0.3) is 0 Å². The Bertz CT molecular complexity index is 588. The molecule has 5 nitrogen and oxygen atoms in total. The summed E-state index contributed by atoms with van der Waals surface area (Å²) in [4.78, 5) is 8.76. The highest BCUT2D eigenvalue weighted by atomic mass is 15.3. The Kier molecular flexibility index (Phi) is 4.09. The zero-order chi connectivity index (χ0) is 14.8. The molecule has 0 saturated carbocycles. The van der Waals surface area contributed by atoms with Gasteiger partial charge in [-0.2, -0.15) is 4.98 Å². The number of aromatic nitrogens is 2. The number of nitrogens with two attached hydrogens (primary N) is 1. The molecule has 1 unspecified atom stereocenters. The molecule has 0 aliphatic carbocycles. The van der Waals surface area contributed by atoms with Crippen LogP contribution in [0.15, 0.2) is 24.3 Å². The number of nitrogens with zero attached hydrogens (tertiary/aromatic N) is 2. The van der Waals surface area contributed by atoms with E-state index in [1.807, 2.05) is 24.3 Å². The van der Waals surface area contributed by atoms with Crippen molar-refractivity contribution in [3.8, 4) is 0 Å². The van der Waals surface area contributed by atoms with Gasteiger partial charge in [0.2, 0.25) is 5.95 Å². The van der Waals surface area contributed by atoms with Crippen LogP contribution in [0.4, 0.5) is 11.8 Å². The molecule has 0 saturated heterocycles. The van der Waals surface area contributed by atoms with Crippen molar-refractivity contribution in [2.45, 2.75) is 27.7 Å². The predicted molar refractivity (Wildman–Crippen MR) is 84.5 cm³/mol. The summed E-state index contributed by atoms with van der Waals surface area (Å²) >= 11 is 0. The molecule has 2 rings (SSSR count).